The maximum Gasteiger partial charge on any atom is 0.255 e. The lowest BCUT2D eigenvalue weighted by molar-refractivity contribution is 0.0928. The minimum absolute atomic E-state index is 0.274. The van der Waals surface area contributed by atoms with Crippen LogP contribution in [0.3, 0.4) is 0 Å². The standard InChI is InChI=1S/C20H21N3O4/c1-4-26-17-12-8-6-10-15(17)19(24)21-13(2)20-22-18(23-27-20)14-9-5-7-11-16(14)25-3/h5-13H,4H2,1-3H3,(H,21,24)/t13-/m0/s1. The molecule has 0 bridgehead atoms. The van der Waals surface area contributed by atoms with Crippen LogP contribution in [0.5, 0.6) is 11.5 Å². The lowest BCUT2D eigenvalue weighted by Crippen LogP contribution is -2.27. The molecule has 1 aromatic heterocycles. The second kappa shape index (κ2) is 8.35. The van der Waals surface area contributed by atoms with Crippen LogP contribution >= 0.6 is 0 Å². The molecule has 3 aromatic rings. The molecule has 0 saturated carbocycles. The molecule has 27 heavy (non-hydrogen) atoms. The predicted molar refractivity (Wildman–Crippen MR) is 99.8 cm³/mol. The molecule has 140 valence electrons. The fourth-order valence-electron chi connectivity index (χ4n) is 2.62. The predicted octanol–water partition coefficient (Wildman–Crippen LogP) is 3.63. The number of rotatable bonds is 7. The van der Waals surface area contributed by atoms with Crippen molar-refractivity contribution in [2.24, 2.45) is 0 Å². The molecule has 1 heterocycles. The second-order valence-electron chi connectivity index (χ2n) is 5.78. The van der Waals surface area contributed by atoms with E-state index in [1.165, 1.54) is 0 Å². The van der Waals surface area contributed by atoms with Gasteiger partial charge in [-0.2, -0.15) is 4.98 Å². The van der Waals surface area contributed by atoms with Gasteiger partial charge in [0.05, 0.1) is 24.8 Å². The second-order valence-corrected chi connectivity index (χ2v) is 5.78. The van der Waals surface area contributed by atoms with Crippen LogP contribution in [0.2, 0.25) is 0 Å². The summed E-state index contributed by atoms with van der Waals surface area (Å²) in [6.07, 6.45) is 0. The molecular formula is C20H21N3O4. The van der Waals surface area contributed by atoms with Crippen molar-refractivity contribution in [3.63, 3.8) is 0 Å². The molecule has 0 aliphatic heterocycles. The Morgan fingerprint density at radius 1 is 1.15 bits per heavy atom. The molecule has 2 aromatic carbocycles. The molecule has 0 spiro atoms. The highest BCUT2D eigenvalue weighted by Crippen LogP contribution is 2.28. The molecule has 1 N–H and O–H groups in total. The number of nitrogens with one attached hydrogen (secondary N) is 1. The first-order valence-electron chi connectivity index (χ1n) is 8.63. The van der Waals surface area contributed by atoms with Gasteiger partial charge in [-0.15, -0.1) is 0 Å². The molecule has 0 unspecified atom stereocenters. The first-order chi connectivity index (χ1) is 13.1. The van der Waals surface area contributed by atoms with Crippen LogP contribution in [-0.4, -0.2) is 29.8 Å². The zero-order chi connectivity index (χ0) is 19.2. The molecule has 1 amide bonds. The van der Waals surface area contributed by atoms with Crippen molar-refractivity contribution >= 4 is 5.91 Å². The number of carbonyl (C=O) groups excluding carboxylic acids is 1. The van der Waals surface area contributed by atoms with Gasteiger partial charge in [0.1, 0.15) is 17.5 Å². The Morgan fingerprint density at radius 3 is 2.59 bits per heavy atom. The van der Waals surface area contributed by atoms with Crippen LogP contribution in [0, 0.1) is 0 Å². The molecule has 7 nitrogen and oxygen atoms in total. The van der Waals surface area contributed by atoms with Crippen molar-refractivity contribution in [1.29, 1.82) is 0 Å². The van der Waals surface area contributed by atoms with Gasteiger partial charge in [-0.25, -0.2) is 0 Å². The number of carbonyl (C=O) groups is 1. The highest BCUT2D eigenvalue weighted by Gasteiger charge is 2.21. The topological polar surface area (TPSA) is 86.5 Å². The first kappa shape index (κ1) is 18.4. The lowest BCUT2D eigenvalue weighted by atomic mass is 10.1. The van der Waals surface area contributed by atoms with Gasteiger partial charge in [0.2, 0.25) is 11.7 Å². The summed E-state index contributed by atoms with van der Waals surface area (Å²) < 4.78 is 16.2. The summed E-state index contributed by atoms with van der Waals surface area (Å²) in [5.74, 6) is 1.61. The summed E-state index contributed by atoms with van der Waals surface area (Å²) in [5, 5.41) is 6.86. The number of amides is 1. The molecule has 0 radical (unpaired) electrons. The highest BCUT2D eigenvalue weighted by atomic mass is 16.5. The van der Waals surface area contributed by atoms with Crippen LogP contribution < -0.4 is 14.8 Å². The third kappa shape index (κ3) is 4.08. The van der Waals surface area contributed by atoms with Crippen molar-refractivity contribution in [2.75, 3.05) is 13.7 Å². The Hall–Kier alpha value is -3.35. The van der Waals surface area contributed by atoms with Crippen LogP contribution in [0.15, 0.2) is 53.1 Å². The van der Waals surface area contributed by atoms with E-state index in [1.54, 1.807) is 32.2 Å². The van der Waals surface area contributed by atoms with Gasteiger partial charge >= 0.3 is 0 Å². The maximum atomic E-state index is 12.6. The van der Waals surface area contributed by atoms with Crippen molar-refractivity contribution < 1.29 is 18.8 Å². The SMILES string of the molecule is CCOc1ccccc1C(=O)N[C@@H](C)c1nc(-c2ccccc2OC)no1. The molecule has 1 atom stereocenters. The Kier molecular flexibility index (Phi) is 5.71. The zero-order valence-electron chi connectivity index (χ0n) is 15.4. The van der Waals surface area contributed by atoms with Gasteiger partial charge in [0.15, 0.2) is 0 Å². The van der Waals surface area contributed by atoms with Gasteiger partial charge in [-0.05, 0) is 38.1 Å². The van der Waals surface area contributed by atoms with E-state index in [0.717, 1.165) is 5.56 Å². The Balaban J connectivity index is 1.77. The summed E-state index contributed by atoms with van der Waals surface area (Å²) in [6.45, 7) is 4.13. The largest absolute Gasteiger partial charge is 0.496 e. The summed E-state index contributed by atoms with van der Waals surface area (Å²) in [6, 6.07) is 14.0. The van der Waals surface area contributed by atoms with E-state index >= 15 is 0 Å². The Labute approximate surface area is 157 Å². The molecule has 3 rings (SSSR count). The fraction of sp³-hybridized carbons (Fsp3) is 0.250. The number of hydrogen-bond donors (Lipinski definition) is 1. The van der Waals surface area contributed by atoms with E-state index in [1.807, 2.05) is 37.3 Å². The third-order valence-electron chi connectivity index (χ3n) is 3.94. The maximum absolute atomic E-state index is 12.6. The van der Waals surface area contributed by atoms with Crippen molar-refractivity contribution in [2.45, 2.75) is 19.9 Å². The van der Waals surface area contributed by atoms with E-state index in [4.69, 9.17) is 14.0 Å². The summed E-state index contributed by atoms with van der Waals surface area (Å²) in [7, 11) is 1.58. The monoisotopic (exact) mass is 367 g/mol. The van der Waals surface area contributed by atoms with E-state index < -0.39 is 6.04 Å². The molecule has 0 saturated heterocycles. The van der Waals surface area contributed by atoms with Crippen molar-refractivity contribution in [3.8, 4) is 22.9 Å². The van der Waals surface area contributed by atoms with Gasteiger partial charge in [-0.3, -0.25) is 4.79 Å². The van der Waals surface area contributed by atoms with Crippen molar-refractivity contribution in [1.82, 2.24) is 15.5 Å². The normalized spacial score (nSPS) is 11.7. The number of benzene rings is 2. The number of nitrogens with zero attached hydrogens (tertiary/aromatic N) is 2. The number of para-hydroxylation sites is 2. The smallest absolute Gasteiger partial charge is 0.255 e. The van der Waals surface area contributed by atoms with Crippen LogP contribution in [-0.2, 0) is 0 Å². The molecule has 0 aliphatic rings. The molecule has 0 aliphatic carbocycles. The lowest BCUT2D eigenvalue weighted by Gasteiger charge is -2.12. The highest BCUT2D eigenvalue weighted by molar-refractivity contribution is 5.97. The number of methoxy groups -OCH3 is 1. The summed E-state index contributed by atoms with van der Waals surface area (Å²) in [4.78, 5) is 17.0. The van der Waals surface area contributed by atoms with E-state index in [9.17, 15) is 4.79 Å². The minimum Gasteiger partial charge on any atom is -0.496 e. The van der Waals surface area contributed by atoms with Crippen LogP contribution in [0.25, 0.3) is 11.4 Å². The van der Waals surface area contributed by atoms with Crippen molar-refractivity contribution in [3.05, 3.63) is 60.0 Å². The molecule has 0 fully saturated rings. The number of hydrogen-bond acceptors (Lipinski definition) is 6. The van der Waals surface area contributed by atoms with E-state index in [2.05, 4.69) is 15.5 Å². The average molecular weight is 367 g/mol. The van der Waals surface area contributed by atoms with Gasteiger partial charge in [0, 0.05) is 0 Å². The quantitative estimate of drug-likeness (QED) is 0.686. The van der Waals surface area contributed by atoms with Gasteiger partial charge in [-0.1, -0.05) is 29.4 Å². The first-order valence-corrected chi connectivity index (χ1v) is 8.63. The van der Waals surface area contributed by atoms with Crippen LogP contribution in [0.1, 0.15) is 36.1 Å². The van der Waals surface area contributed by atoms with Gasteiger partial charge < -0.3 is 19.3 Å². The molecule has 7 heteroatoms. The Bertz CT molecular complexity index is 923. The number of aromatic nitrogens is 2. The fourth-order valence-corrected chi connectivity index (χ4v) is 2.62. The van der Waals surface area contributed by atoms with E-state index in [0.29, 0.717) is 35.4 Å². The average Bonchev–Trinajstić information content (AvgIpc) is 3.18. The van der Waals surface area contributed by atoms with Crippen LogP contribution in [0.4, 0.5) is 0 Å². The zero-order valence-corrected chi connectivity index (χ0v) is 15.4. The third-order valence-corrected chi connectivity index (χ3v) is 3.94. The number of ether oxygens (including phenoxy) is 2. The molecular weight excluding hydrogens is 346 g/mol. The summed E-state index contributed by atoms with van der Waals surface area (Å²) >= 11 is 0. The summed E-state index contributed by atoms with van der Waals surface area (Å²) in [5.41, 5.74) is 1.17. The van der Waals surface area contributed by atoms with Gasteiger partial charge in [0.25, 0.3) is 5.91 Å². The minimum atomic E-state index is -0.469. The Morgan fingerprint density at radius 2 is 1.85 bits per heavy atom. The van der Waals surface area contributed by atoms with E-state index in [-0.39, 0.29) is 5.91 Å².